The molecule has 3 N–H and O–H groups in total. The van der Waals surface area contributed by atoms with Crippen LogP contribution in [0.1, 0.15) is 31.1 Å². The van der Waals surface area contributed by atoms with Crippen LogP contribution in [0, 0.1) is 5.82 Å². The molecule has 0 saturated carbocycles. The van der Waals surface area contributed by atoms with Crippen molar-refractivity contribution in [2.75, 3.05) is 6.54 Å². The summed E-state index contributed by atoms with van der Waals surface area (Å²) in [6.07, 6.45) is -0.713. The first kappa shape index (κ1) is 14.8. The molecule has 0 amide bonds. The molecule has 5 heteroatoms. The van der Waals surface area contributed by atoms with E-state index in [1.807, 2.05) is 13.8 Å². The fourth-order valence-corrected chi connectivity index (χ4v) is 1.60. The second-order valence-electron chi connectivity index (χ2n) is 4.38. The predicted octanol–water partition coefficient (Wildman–Crippen LogP) is 2.11. The summed E-state index contributed by atoms with van der Waals surface area (Å²) in [4.78, 5) is 0. The first-order valence-electron chi connectivity index (χ1n) is 5.34. The molecule has 1 unspecified atom stereocenters. The minimum Gasteiger partial charge on any atom is -0.392 e. The topological polar surface area (TPSA) is 52.5 Å². The van der Waals surface area contributed by atoms with Crippen LogP contribution in [0.15, 0.2) is 18.2 Å². The van der Waals surface area contributed by atoms with Gasteiger partial charge in [-0.1, -0.05) is 28.7 Å². The summed E-state index contributed by atoms with van der Waals surface area (Å²) in [5.41, 5.74) is 0.805. The van der Waals surface area contributed by atoms with E-state index in [4.69, 9.17) is 5.11 Å². The highest BCUT2D eigenvalue weighted by atomic mass is 127. The lowest BCUT2D eigenvalue weighted by molar-refractivity contribution is 0.170. The van der Waals surface area contributed by atoms with Crippen LogP contribution in [0.5, 0.6) is 0 Å². The Morgan fingerprint density at radius 1 is 1.47 bits per heavy atom. The van der Waals surface area contributed by atoms with Crippen molar-refractivity contribution in [3.8, 4) is 0 Å². The van der Waals surface area contributed by atoms with Gasteiger partial charge in [-0.2, -0.15) is 0 Å². The zero-order chi connectivity index (χ0) is 13.1. The molecule has 1 aromatic carbocycles. The van der Waals surface area contributed by atoms with Crippen LogP contribution in [-0.4, -0.2) is 20.3 Å². The maximum atomic E-state index is 13.2. The van der Waals surface area contributed by atoms with E-state index in [2.05, 4.69) is 27.9 Å². The number of rotatable bonds is 5. The molecule has 0 spiro atoms. The van der Waals surface area contributed by atoms with Crippen molar-refractivity contribution in [3.05, 3.63) is 35.1 Å². The van der Waals surface area contributed by atoms with Crippen LogP contribution in [0.25, 0.3) is 0 Å². The van der Waals surface area contributed by atoms with Gasteiger partial charge in [0.15, 0.2) is 0 Å². The van der Waals surface area contributed by atoms with Crippen molar-refractivity contribution in [2.24, 2.45) is 0 Å². The number of nitrogens with one attached hydrogen (secondary N) is 1. The van der Waals surface area contributed by atoms with E-state index < -0.39 is 11.9 Å². The molecular weight excluding hydrogens is 336 g/mol. The van der Waals surface area contributed by atoms with Gasteiger partial charge < -0.3 is 15.5 Å². The zero-order valence-electron chi connectivity index (χ0n) is 9.87. The number of aliphatic hydroxyl groups excluding tert-OH is 2. The van der Waals surface area contributed by atoms with Crippen molar-refractivity contribution in [2.45, 2.75) is 30.1 Å². The molecule has 0 aliphatic carbocycles. The Kier molecular flexibility index (Phi) is 5.30. The van der Waals surface area contributed by atoms with Crippen LogP contribution < -0.4 is 5.32 Å². The molecule has 3 nitrogen and oxygen atoms in total. The van der Waals surface area contributed by atoms with Crippen molar-refractivity contribution < 1.29 is 14.6 Å². The van der Waals surface area contributed by atoms with Crippen LogP contribution in [-0.2, 0) is 6.61 Å². The van der Waals surface area contributed by atoms with Gasteiger partial charge >= 0.3 is 0 Å². The van der Waals surface area contributed by atoms with E-state index in [1.165, 1.54) is 18.2 Å². The Labute approximate surface area is 114 Å². The third kappa shape index (κ3) is 4.87. The number of hydrogen-bond donors (Lipinski definition) is 3. The number of alkyl halides is 1. The lowest BCUT2D eigenvalue weighted by Crippen LogP contribution is -2.35. The molecule has 96 valence electrons. The summed E-state index contributed by atoms with van der Waals surface area (Å²) in [5, 5.41) is 22.0. The molecule has 0 aliphatic rings. The second-order valence-corrected chi connectivity index (χ2v) is 7.07. The van der Waals surface area contributed by atoms with Crippen LogP contribution >= 0.6 is 22.6 Å². The molecule has 0 saturated heterocycles. The number of hydrogen-bond acceptors (Lipinski definition) is 3. The Morgan fingerprint density at radius 3 is 2.65 bits per heavy atom. The van der Waals surface area contributed by atoms with Gasteiger partial charge in [0.05, 0.1) is 16.3 Å². The van der Waals surface area contributed by atoms with Crippen LogP contribution in [0.4, 0.5) is 4.39 Å². The highest BCUT2D eigenvalue weighted by Gasteiger charge is 2.15. The molecule has 17 heavy (non-hydrogen) atoms. The Morgan fingerprint density at radius 2 is 2.12 bits per heavy atom. The third-order valence-electron chi connectivity index (χ3n) is 2.34. The molecule has 0 aromatic heterocycles. The fourth-order valence-electron chi connectivity index (χ4n) is 1.38. The van der Waals surface area contributed by atoms with Gasteiger partial charge in [-0.25, -0.2) is 4.39 Å². The van der Waals surface area contributed by atoms with Gasteiger partial charge in [-0.3, -0.25) is 0 Å². The Hall–Kier alpha value is -0.240. The Balaban J connectivity index is 2.72. The van der Waals surface area contributed by atoms with E-state index in [-0.39, 0.29) is 15.7 Å². The van der Waals surface area contributed by atoms with Gasteiger partial charge in [-0.15, -0.1) is 0 Å². The average molecular weight is 353 g/mol. The SMILES string of the molecule is CC(C)(I)NCC(O)c1ccc(F)c(CO)c1. The highest BCUT2D eigenvalue weighted by molar-refractivity contribution is 14.1. The first-order valence-corrected chi connectivity index (χ1v) is 6.42. The largest absolute Gasteiger partial charge is 0.392 e. The summed E-state index contributed by atoms with van der Waals surface area (Å²) in [6.45, 7) is 4.00. The van der Waals surface area contributed by atoms with Gasteiger partial charge in [0.25, 0.3) is 0 Å². The monoisotopic (exact) mass is 353 g/mol. The predicted molar refractivity (Wildman–Crippen MR) is 73.4 cm³/mol. The van der Waals surface area contributed by atoms with E-state index >= 15 is 0 Å². The molecule has 0 fully saturated rings. The molecule has 1 atom stereocenters. The number of aliphatic hydroxyl groups is 2. The van der Waals surface area contributed by atoms with E-state index in [9.17, 15) is 9.50 Å². The molecule has 0 bridgehead atoms. The lowest BCUT2D eigenvalue weighted by Gasteiger charge is -2.21. The lowest BCUT2D eigenvalue weighted by atomic mass is 10.1. The molecule has 0 radical (unpaired) electrons. The first-order chi connectivity index (χ1) is 7.83. The van der Waals surface area contributed by atoms with Crippen LogP contribution in [0.2, 0.25) is 0 Å². The van der Waals surface area contributed by atoms with Crippen molar-refractivity contribution in [3.63, 3.8) is 0 Å². The molecule has 1 rings (SSSR count). The average Bonchev–Trinajstić information content (AvgIpc) is 2.25. The summed E-state index contributed by atoms with van der Waals surface area (Å²) in [5.74, 6) is -0.453. The van der Waals surface area contributed by atoms with E-state index in [0.29, 0.717) is 12.1 Å². The second kappa shape index (κ2) is 6.08. The third-order valence-corrected chi connectivity index (χ3v) is 2.72. The minimum atomic E-state index is -0.713. The van der Waals surface area contributed by atoms with Crippen LogP contribution in [0.3, 0.4) is 0 Å². The van der Waals surface area contributed by atoms with Crippen molar-refractivity contribution >= 4 is 22.6 Å². The number of benzene rings is 1. The van der Waals surface area contributed by atoms with Crippen molar-refractivity contribution in [1.29, 1.82) is 0 Å². The molecule has 0 aliphatic heterocycles. The normalized spacial score (nSPS) is 13.8. The highest BCUT2D eigenvalue weighted by Crippen LogP contribution is 2.19. The van der Waals surface area contributed by atoms with Gasteiger partial charge in [0.2, 0.25) is 0 Å². The zero-order valence-corrected chi connectivity index (χ0v) is 12.0. The maximum absolute atomic E-state index is 13.2. The fraction of sp³-hybridized carbons (Fsp3) is 0.500. The van der Waals surface area contributed by atoms with Gasteiger partial charge in [0.1, 0.15) is 5.82 Å². The summed E-state index contributed by atoms with van der Waals surface area (Å²) >= 11 is 2.23. The van der Waals surface area contributed by atoms with Crippen molar-refractivity contribution in [1.82, 2.24) is 5.32 Å². The number of halogens is 2. The summed E-state index contributed by atoms with van der Waals surface area (Å²) in [7, 11) is 0. The summed E-state index contributed by atoms with van der Waals surface area (Å²) < 4.78 is 13.0. The summed E-state index contributed by atoms with van der Waals surface area (Å²) in [6, 6.07) is 4.28. The maximum Gasteiger partial charge on any atom is 0.128 e. The van der Waals surface area contributed by atoms with E-state index in [1.54, 1.807) is 0 Å². The van der Waals surface area contributed by atoms with E-state index in [0.717, 1.165) is 0 Å². The van der Waals surface area contributed by atoms with Gasteiger partial charge in [-0.05, 0) is 31.5 Å². The van der Waals surface area contributed by atoms with Gasteiger partial charge in [0, 0.05) is 12.1 Å². The molecule has 1 aromatic rings. The standard InChI is InChI=1S/C12H17FINO2/c1-12(2,14)15-6-11(17)8-3-4-10(13)9(5-8)7-16/h3-5,11,15-17H,6-7H2,1-2H3. The molecule has 0 heterocycles. The Bertz CT molecular complexity index is 379. The minimum absolute atomic E-state index is 0.113. The quantitative estimate of drug-likeness (QED) is 0.432. The smallest absolute Gasteiger partial charge is 0.128 e. The molecular formula is C12H17FINO2.